The number of benzene rings is 3. The van der Waals surface area contributed by atoms with Crippen molar-refractivity contribution in [3.05, 3.63) is 87.9 Å². The average Bonchev–Trinajstić information content (AvgIpc) is 2.75. The van der Waals surface area contributed by atoms with Crippen LogP contribution in [0.2, 0.25) is 10.0 Å². The minimum Gasteiger partial charge on any atom is -0.493 e. The molecule has 0 aliphatic heterocycles. The van der Waals surface area contributed by atoms with Crippen LogP contribution in [0.15, 0.2) is 66.7 Å². The highest BCUT2D eigenvalue weighted by Crippen LogP contribution is 2.29. The largest absolute Gasteiger partial charge is 0.493 e. The van der Waals surface area contributed by atoms with Gasteiger partial charge in [-0.1, -0.05) is 41.4 Å². The number of ether oxygens (including phenoxy) is 2. The number of methoxy groups -OCH3 is 1. The maximum absolute atomic E-state index is 12.4. The van der Waals surface area contributed by atoms with Gasteiger partial charge < -0.3 is 14.8 Å². The van der Waals surface area contributed by atoms with Crippen LogP contribution < -0.4 is 25.3 Å². The molecule has 0 heterocycles. The van der Waals surface area contributed by atoms with E-state index in [0.717, 1.165) is 11.3 Å². The van der Waals surface area contributed by atoms with Crippen LogP contribution in [0.5, 0.6) is 11.5 Å². The predicted molar refractivity (Wildman–Crippen MR) is 126 cm³/mol. The first-order chi connectivity index (χ1) is 15.0. The van der Waals surface area contributed by atoms with Crippen molar-refractivity contribution >= 4 is 58.4 Å². The molecule has 0 radical (unpaired) electrons. The third-order valence-corrected chi connectivity index (χ3v) is 4.75. The van der Waals surface area contributed by atoms with Gasteiger partial charge in [0, 0.05) is 16.3 Å². The summed E-state index contributed by atoms with van der Waals surface area (Å²) in [6.45, 7) is 0. The summed E-state index contributed by atoms with van der Waals surface area (Å²) in [7, 11) is 1.48. The van der Waals surface area contributed by atoms with Gasteiger partial charge in [-0.25, -0.2) is 4.79 Å². The monoisotopic (exact) mass is 474 g/mol. The van der Waals surface area contributed by atoms with Gasteiger partial charge in [0.2, 0.25) is 5.11 Å². The fourth-order valence-corrected chi connectivity index (χ4v) is 3.20. The van der Waals surface area contributed by atoms with E-state index in [1.54, 1.807) is 30.5 Å². The second kappa shape index (κ2) is 10.8. The topological polar surface area (TPSA) is 73.6 Å². The molecule has 0 amide bonds. The number of nitrogens with one attached hydrogen (secondary N) is 3. The fraction of sp³-hybridized carbons (Fsp3) is 0.0455. The van der Waals surface area contributed by atoms with Gasteiger partial charge in [0.25, 0.3) is 0 Å². The van der Waals surface area contributed by atoms with Crippen molar-refractivity contribution in [3.63, 3.8) is 0 Å². The van der Waals surface area contributed by atoms with Crippen molar-refractivity contribution < 1.29 is 19.4 Å². The van der Waals surface area contributed by atoms with E-state index in [4.69, 9.17) is 44.9 Å². The molecule has 0 atom stereocenters. The van der Waals surface area contributed by atoms with Gasteiger partial charge in [-0.2, -0.15) is 0 Å². The van der Waals surface area contributed by atoms with E-state index in [0.29, 0.717) is 15.9 Å². The van der Waals surface area contributed by atoms with Gasteiger partial charge in [0.15, 0.2) is 17.7 Å². The number of carbonyl (C=O) groups excluding carboxylic acids is 1. The molecule has 0 aliphatic carbocycles. The van der Waals surface area contributed by atoms with Gasteiger partial charge in [-0.3, -0.25) is 0 Å². The molecule has 6 nitrogen and oxygen atoms in total. The van der Waals surface area contributed by atoms with Gasteiger partial charge in [0.05, 0.1) is 17.7 Å². The van der Waals surface area contributed by atoms with Crippen molar-refractivity contribution in [2.24, 2.45) is 0 Å². The van der Waals surface area contributed by atoms with E-state index in [1.807, 2.05) is 30.3 Å². The molecule has 0 aliphatic rings. The second-order valence-electron chi connectivity index (χ2n) is 6.16. The van der Waals surface area contributed by atoms with Crippen LogP contribution in [-0.4, -0.2) is 24.4 Å². The third kappa shape index (κ3) is 6.42. The Morgan fingerprint density at radius 1 is 1.03 bits per heavy atom. The number of hydrogen-bond acceptors (Lipinski definition) is 4. The van der Waals surface area contributed by atoms with Crippen molar-refractivity contribution in [2.45, 2.75) is 0 Å². The first kappa shape index (κ1) is 22.6. The van der Waals surface area contributed by atoms with Gasteiger partial charge >= 0.3 is 5.97 Å². The number of thiocarbonyl (C=S) groups is 1. The zero-order chi connectivity index (χ0) is 22.2. The molecule has 3 N–H and O–H groups in total. The van der Waals surface area contributed by atoms with Crippen LogP contribution in [0, 0.1) is 0 Å². The molecule has 31 heavy (non-hydrogen) atoms. The minimum atomic E-state index is -0.617. The molecule has 158 valence electrons. The lowest BCUT2D eigenvalue weighted by atomic mass is 10.2. The summed E-state index contributed by atoms with van der Waals surface area (Å²) < 4.78 is 10.8. The van der Waals surface area contributed by atoms with E-state index >= 15 is 0 Å². The van der Waals surface area contributed by atoms with Gasteiger partial charge in [-0.05, 0) is 60.7 Å². The first-order valence-corrected chi connectivity index (χ1v) is 10.2. The molecule has 0 unspecified atom stereocenters. The Balaban J connectivity index is 1.64. The number of halogens is 2. The zero-order valence-electron chi connectivity index (χ0n) is 16.3. The Morgan fingerprint density at radius 3 is 2.52 bits per heavy atom. The molecule has 9 heteroatoms. The lowest BCUT2D eigenvalue weighted by Crippen LogP contribution is -2.82. The number of hydrazine groups is 1. The Hall–Kier alpha value is -3.13. The lowest BCUT2D eigenvalue weighted by Gasteiger charge is -2.10. The Morgan fingerprint density at radius 2 is 1.81 bits per heavy atom. The molecule has 3 aromatic rings. The summed E-state index contributed by atoms with van der Waals surface area (Å²) in [6.07, 6.45) is 1.68. The molecule has 0 aromatic heterocycles. The molecule has 3 rings (SSSR count). The lowest BCUT2D eigenvalue weighted by molar-refractivity contribution is -0.499. The number of rotatable bonds is 6. The summed E-state index contributed by atoms with van der Waals surface area (Å²) in [5.41, 5.74) is 4.69. The number of para-hydroxylation sites is 1. The smallest absolute Gasteiger partial charge is 0.345 e. The standard InChI is InChI=1S/C22H17Cl2N3O3S/c1-29-20-11-14(13-25-27-22(31)26-16-5-3-2-4-6-16)7-10-19(20)30-21(28)17-9-8-15(23)12-18(17)24/h2-13H,1H3,(H2,26,27,31)/p+1. The highest BCUT2D eigenvalue weighted by atomic mass is 35.5. The van der Waals surface area contributed by atoms with Gasteiger partial charge in [-0.15, -0.1) is 10.5 Å². The van der Waals surface area contributed by atoms with E-state index in [-0.39, 0.29) is 16.3 Å². The number of anilines is 1. The zero-order valence-corrected chi connectivity index (χ0v) is 18.6. The van der Waals surface area contributed by atoms with Crippen molar-refractivity contribution in [2.75, 3.05) is 12.4 Å². The third-order valence-electron chi connectivity index (χ3n) is 4.00. The van der Waals surface area contributed by atoms with E-state index in [9.17, 15) is 4.79 Å². The maximum Gasteiger partial charge on any atom is 0.345 e. The average molecular weight is 475 g/mol. The fourth-order valence-electron chi connectivity index (χ4n) is 2.54. The van der Waals surface area contributed by atoms with Crippen LogP contribution in [-0.2, 0) is 0 Å². The summed E-state index contributed by atoms with van der Waals surface area (Å²) in [5.74, 6) is 0.0117. The van der Waals surface area contributed by atoms with E-state index < -0.39 is 5.97 Å². The van der Waals surface area contributed by atoms with Gasteiger partial charge in [0.1, 0.15) is 0 Å². The molecule has 3 aromatic carbocycles. The summed E-state index contributed by atoms with van der Waals surface area (Å²) >= 11 is 17.2. The van der Waals surface area contributed by atoms with Crippen LogP contribution in [0.4, 0.5) is 5.69 Å². The van der Waals surface area contributed by atoms with E-state index in [2.05, 4.69) is 15.8 Å². The number of carbonyl (C=O) groups is 1. The van der Waals surface area contributed by atoms with Crippen LogP contribution in [0.25, 0.3) is 0 Å². The Labute approximate surface area is 194 Å². The Bertz CT molecular complexity index is 1120. The molecule has 0 bridgehead atoms. The molecule has 0 saturated carbocycles. The number of hydrogen-bond donors (Lipinski definition) is 3. The van der Waals surface area contributed by atoms with Crippen molar-refractivity contribution in [1.29, 1.82) is 0 Å². The minimum absolute atomic E-state index is 0.203. The number of esters is 1. The second-order valence-corrected chi connectivity index (χ2v) is 7.41. The molecule has 0 spiro atoms. The van der Waals surface area contributed by atoms with Crippen LogP contribution in [0.3, 0.4) is 0 Å². The van der Waals surface area contributed by atoms with Crippen molar-refractivity contribution in [3.8, 4) is 11.5 Å². The highest BCUT2D eigenvalue weighted by Gasteiger charge is 2.16. The SMILES string of the molecule is COc1cc(C=[NH+]NC(=S)Nc2ccccc2)ccc1OC(=O)c1ccc(Cl)cc1Cl. The molecular formula is C22H18Cl2N3O3S+. The van der Waals surface area contributed by atoms with Crippen LogP contribution >= 0.6 is 35.4 Å². The molecular weight excluding hydrogens is 457 g/mol. The maximum atomic E-state index is 12.4. The van der Waals surface area contributed by atoms with Crippen LogP contribution in [0.1, 0.15) is 15.9 Å². The highest BCUT2D eigenvalue weighted by molar-refractivity contribution is 7.80. The summed E-state index contributed by atoms with van der Waals surface area (Å²) in [5, 5.41) is 6.98. The van der Waals surface area contributed by atoms with E-state index in [1.165, 1.54) is 19.2 Å². The van der Waals surface area contributed by atoms with Crippen molar-refractivity contribution in [1.82, 2.24) is 5.43 Å². The normalized spacial score (nSPS) is 10.5. The Kier molecular flexibility index (Phi) is 7.83. The molecule has 0 fully saturated rings. The predicted octanol–water partition coefficient (Wildman–Crippen LogP) is 3.62. The summed E-state index contributed by atoms with van der Waals surface area (Å²) in [6, 6.07) is 19.2. The summed E-state index contributed by atoms with van der Waals surface area (Å²) in [4.78, 5) is 12.4. The quantitative estimate of drug-likeness (QED) is 0.166. The number of hydrazone groups is 1. The molecule has 0 saturated heterocycles. The first-order valence-electron chi connectivity index (χ1n) is 9.02.